The zero-order valence-electron chi connectivity index (χ0n) is 37.8. The van der Waals surface area contributed by atoms with E-state index >= 15 is 0 Å². The number of methoxy groups -OCH3 is 2. The van der Waals surface area contributed by atoms with Crippen LogP contribution in [0.15, 0.2) is 59.4 Å². The van der Waals surface area contributed by atoms with Crippen molar-refractivity contribution in [2.75, 3.05) is 14.2 Å². The molecule has 0 saturated carbocycles. The van der Waals surface area contributed by atoms with Crippen LogP contribution in [0, 0.1) is 35.5 Å². The summed E-state index contributed by atoms with van der Waals surface area (Å²) in [7, 11) is 2.89. The lowest BCUT2D eigenvalue weighted by Crippen LogP contribution is -2.54. The lowest BCUT2D eigenvalue weighted by atomic mass is 9.79. The molecule has 342 valence electrons. The van der Waals surface area contributed by atoms with Crippen LogP contribution in [0.1, 0.15) is 94.9 Å². The van der Waals surface area contributed by atoms with Gasteiger partial charge in [0.05, 0.1) is 55.9 Å². The predicted molar refractivity (Wildman–Crippen MR) is 227 cm³/mol. The summed E-state index contributed by atoms with van der Waals surface area (Å²) < 4.78 is 41.9. The van der Waals surface area contributed by atoms with E-state index in [2.05, 4.69) is 0 Å². The largest absolute Gasteiger partial charge is 0.490 e. The minimum Gasteiger partial charge on any atom is -0.490 e. The SMILES string of the molecule is C/C=C/[C@H]1O[C@@H]([C@@H](C)[C@H](O)[C@@H](C)[C@H]2OC(=O)/C(OC)=C/C(C)=C/[C@@H](C)[C@@H](O)[C@@H](CC)[C@H](O)[C@H](C)C/C(C)=C/C=C/[C@@H]2OC)C[C@@H](O[C@H]2C[C@@H](O)[C@H](OC(N)=O)[C@@H](C)O2)[C@@H]1C. The first-order valence-electron chi connectivity index (χ1n) is 21.6. The Balaban J connectivity index is 1.96. The van der Waals surface area contributed by atoms with Crippen molar-refractivity contribution in [1.82, 2.24) is 0 Å². The standard InChI is InChI=1S/C46H75NO13/c1-13-16-34-28(7)36(58-39-22-33(48)44(31(10)56-39)60-46(47)53)23-37(57-34)29(8)42(51)30(9)43-35(54-11)18-15-17-24(3)19-26(5)40(49)32(14-2)41(50)27(6)20-25(4)21-38(55-12)45(52)59-43/h13,15-18,20-21,26-37,39-44,48-51H,14,19,22-23H2,1-12H3,(H2,47,53)/b16-13+,18-15+,24-17+,25-20+,38-21-/t26-,27-,28-,29-,30-,31-,32+,33-,34-,35+,36-,37-,39+,40-,41-,42+,43-,44-/m1/s1. The highest BCUT2D eigenvalue weighted by atomic mass is 16.7. The first-order chi connectivity index (χ1) is 28.3. The van der Waals surface area contributed by atoms with Crippen LogP contribution in [0.4, 0.5) is 4.79 Å². The molecule has 0 aromatic heterocycles. The van der Waals surface area contributed by atoms with Gasteiger partial charge in [-0.25, -0.2) is 9.59 Å². The third kappa shape index (κ3) is 13.7. The fraction of sp³-hybridized carbons (Fsp3) is 0.739. The Morgan fingerprint density at radius 3 is 2.30 bits per heavy atom. The van der Waals surface area contributed by atoms with Gasteiger partial charge in [0, 0.05) is 49.5 Å². The van der Waals surface area contributed by atoms with Crippen molar-refractivity contribution in [3.63, 3.8) is 0 Å². The topological polar surface area (TPSA) is 206 Å². The Morgan fingerprint density at radius 2 is 1.72 bits per heavy atom. The highest BCUT2D eigenvalue weighted by Crippen LogP contribution is 2.38. The summed E-state index contributed by atoms with van der Waals surface area (Å²) in [6, 6.07) is 0. The molecule has 0 bridgehead atoms. The quantitative estimate of drug-likeness (QED) is 0.126. The van der Waals surface area contributed by atoms with Gasteiger partial charge in [-0.3, -0.25) is 0 Å². The van der Waals surface area contributed by atoms with E-state index in [0.717, 1.165) is 5.57 Å². The van der Waals surface area contributed by atoms with Crippen molar-refractivity contribution in [3.05, 3.63) is 59.4 Å². The highest BCUT2D eigenvalue weighted by Gasteiger charge is 2.46. The van der Waals surface area contributed by atoms with Gasteiger partial charge in [-0.1, -0.05) is 89.1 Å². The molecule has 3 rings (SSSR count). The smallest absolute Gasteiger partial charge is 0.404 e. The molecule has 0 aromatic rings. The van der Waals surface area contributed by atoms with Gasteiger partial charge in [0.1, 0.15) is 12.2 Å². The summed E-state index contributed by atoms with van der Waals surface area (Å²) in [6.07, 6.45) is 4.25. The van der Waals surface area contributed by atoms with E-state index in [1.165, 1.54) is 14.2 Å². The summed E-state index contributed by atoms with van der Waals surface area (Å²) in [5.41, 5.74) is 6.87. The van der Waals surface area contributed by atoms with Crippen molar-refractivity contribution < 1.29 is 63.2 Å². The Hall–Kier alpha value is -3.08. The predicted octanol–water partition coefficient (Wildman–Crippen LogP) is 5.66. The van der Waals surface area contributed by atoms with Crippen LogP contribution in [0.25, 0.3) is 0 Å². The van der Waals surface area contributed by atoms with Crippen molar-refractivity contribution in [2.24, 2.45) is 41.2 Å². The second-order valence-corrected chi connectivity index (χ2v) is 17.3. The van der Waals surface area contributed by atoms with Crippen LogP contribution in [0.3, 0.4) is 0 Å². The molecular weight excluding hydrogens is 775 g/mol. The molecule has 14 heteroatoms. The number of primary amides is 1. The van der Waals surface area contributed by atoms with Crippen LogP contribution in [0.2, 0.25) is 0 Å². The molecule has 1 amide bonds. The number of nitrogens with two attached hydrogens (primary N) is 1. The van der Waals surface area contributed by atoms with Gasteiger partial charge in [0.25, 0.3) is 0 Å². The minimum atomic E-state index is -1.07. The number of hydrogen-bond acceptors (Lipinski definition) is 13. The van der Waals surface area contributed by atoms with Gasteiger partial charge in [0.2, 0.25) is 5.76 Å². The molecule has 3 aliphatic heterocycles. The molecule has 0 aromatic carbocycles. The Labute approximate surface area is 357 Å². The number of ether oxygens (including phenoxy) is 7. The second kappa shape index (κ2) is 23.9. The number of aliphatic hydroxyl groups is 4. The monoisotopic (exact) mass is 850 g/mol. The van der Waals surface area contributed by atoms with Crippen molar-refractivity contribution in [1.29, 1.82) is 0 Å². The first-order valence-corrected chi connectivity index (χ1v) is 21.6. The van der Waals surface area contributed by atoms with E-state index in [0.29, 0.717) is 24.8 Å². The maximum Gasteiger partial charge on any atom is 0.404 e. The number of amides is 1. The number of aliphatic hydroxyl groups excluding tert-OH is 4. The number of cyclic esters (lactones) is 1. The summed E-state index contributed by atoms with van der Waals surface area (Å²) in [5.74, 6) is -2.97. The van der Waals surface area contributed by atoms with Crippen LogP contribution in [0.5, 0.6) is 0 Å². The average molecular weight is 850 g/mol. The lowest BCUT2D eigenvalue weighted by Gasteiger charge is -2.46. The molecule has 18 atom stereocenters. The van der Waals surface area contributed by atoms with E-state index in [1.54, 1.807) is 32.9 Å². The van der Waals surface area contributed by atoms with Crippen LogP contribution < -0.4 is 5.73 Å². The Morgan fingerprint density at radius 1 is 1.03 bits per heavy atom. The number of allylic oxidation sites excluding steroid dienone is 6. The molecule has 60 heavy (non-hydrogen) atoms. The zero-order chi connectivity index (χ0) is 45.0. The fourth-order valence-corrected chi connectivity index (χ4v) is 8.94. The van der Waals surface area contributed by atoms with E-state index in [4.69, 9.17) is 38.9 Å². The molecule has 6 N–H and O–H groups in total. The van der Waals surface area contributed by atoms with Gasteiger partial charge < -0.3 is 59.3 Å². The Kier molecular flexibility index (Phi) is 20.5. The normalized spacial score (nSPS) is 41.4. The van der Waals surface area contributed by atoms with Crippen LogP contribution >= 0.6 is 0 Å². The Bertz CT molecular complexity index is 1510. The van der Waals surface area contributed by atoms with Gasteiger partial charge in [-0.15, -0.1) is 0 Å². The van der Waals surface area contributed by atoms with E-state index < -0.39 is 91.2 Å². The van der Waals surface area contributed by atoms with E-state index in [9.17, 15) is 30.0 Å². The average Bonchev–Trinajstić information content (AvgIpc) is 3.19. The second-order valence-electron chi connectivity index (χ2n) is 17.3. The summed E-state index contributed by atoms with van der Waals surface area (Å²) >= 11 is 0. The minimum absolute atomic E-state index is 0.0583. The summed E-state index contributed by atoms with van der Waals surface area (Å²) in [6.45, 7) is 18.9. The fourth-order valence-electron chi connectivity index (χ4n) is 8.94. The van der Waals surface area contributed by atoms with Gasteiger partial charge in [-0.2, -0.15) is 0 Å². The van der Waals surface area contributed by atoms with Gasteiger partial charge in [-0.05, 0) is 52.5 Å². The third-order valence-corrected chi connectivity index (χ3v) is 12.6. The molecule has 2 fully saturated rings. The number of hydrogen-bond donors (Lipinski definition) is 5. The zero-order valence-corrected chi connectivity index (χ0v) is 37.8. The molecule has 2 saturated heterocycles. The van der Waals surface area contributed by atoms with Crippen molar-refractivity contribution >= 4 is 12.1 Å². The highest BCUT2D eigenvalue weighted by molar-refractivity contribution is 5.87. The molecule has 0 radical (unpaired) electrons. The van der Waals surface area contributed by atoms with E-state index in [-0.39, 0.29) is 42.0 Å². The maximum absolute atomic E-state index is 13.9. The third-order valence-electron chi connectivity index (χ3n) is 12.6. The van der Waals surface area contributed by atoms with E-state index in [1.807, 2.05) is 78.8 Å². The van der Waals surface area contributed by atoms with Crippen LogP contribution in [-0.4, -0.2) is 120 Å². The van der Waals surface area contributed by atoms with Gasteiger partial charge >= 0.3 is 12.1 Å². The summed E-state index contributed by atoms with van der Waals surface area (Å²) in [4.78, 5) is 25.3. The molecule has 0 unspecified atom stereocenters. The maximum atomic E-state index is 13.9. The molecule has 0 aliphatic carbocycles. The van der Waals surface area contributed by atoms with Crippen molar-refractivity contribution in [2.45, 2.75) is 168 Å². The van der Waals surface area contributed by atoms with Crippen molar-refractivity contribution in [3.8, 4) is 0 Å². The molecule has 3 heterocycles. The molecule has 0 spiro atoms. The molecule has 3 aliphatic rings. The lowest BCUT2D eigenvalue weighted by molar-refractivity contribution is -0.279. The number of rotatable bonds is 11. The first kappa shape index (κ1) is 51.3. The molecule has 14 nitrogen and oxygen atoms in total. The molecular formula is C46H75NO13. The van der Waals surface area contributed by atoms with Crippen LogP contribution in [-0.2, 0) is 38.0 Å². The summed E-state index contributed by atoms with van der Waals surface area (Å²) in [5, 5.41) is 45.7. The number of carbonyl (C=O) groups is 2. The number of esters is 1. The van der Waals surface area contributed by atoms with Gasteiger partial charge in [0.15, 0.2) is 12.4 Å². The number of carbonyl (C=O) groups excluding carboxylic acids is 2.